The lowest BCUT2D eigenvalue weighted by Gasteiger charge is -2.28. The van der Waals surface area contributed by atoms with Gasteiger partial charge in [0.2, 0.25) is 0 Å². The molecule has 1 saturated carbocycles. The summed E-state index contributed by atoms with van der Waals surface area (Å²) in [5.41, 5.74) is -0.472. The van der Waals surface area contributed by atoms with Crippen molar-refractivity contribution in [1.82, 2.24) is 0 Å². The minimum absolute atomic E-state index is 0.0237. The van der Waals surface area contributed by atoms with E-state index in [0.717, 1.165) is 49.4 Å². The van der Waals surface area contributed by atoms with Gasteiger partial charge in [-0.25, -0.2) is 17.6 Å². The van der Waals surface area contributed by atoms with Crippen molar-refractivity contribution in [2.24, 2.45) is 11.8 Å². The standard InChI is InChI=1S/C25H30F4/c1-2-3-4-6-17-9-11-18(12-10-17)13-14-20-23(28)15-19(16-24(20)29)25-21(26)7-5-8-22(25)27/h5,7-8,15-18H,2-4,6,9-14H2,1H3. The van der Waals surface area contributed by atoms with E-state index < -0.39 is 28.8 Å². The number of rotatable bonds is 8. The molecule has 1 aliphatic carbocycles. The highest BCUT2D eigenvalue weighted by molar-refractivity contribution is 5.65. The van der Waals surface area contributed by atoms with Crippen LogP contribution >= 0.6 is 0 Å². The molecule has 1 fully saturated rings. The van der Waals surface area contributed by atoms with Crippen LogP contribution in [-0.4, -0.2) is 0 Å². The summed E-state index contributed by atoms with van der Waals surface area (Å²) in [5.74, 6) is -1.80. The molecule has 3 rings (SSSR count). The van der Waals surface area contributed by atoms with Gasteiger partial charge in [0, 0.05) is 5.56 Å². The molecule has 0 atom stereocenters. The second-order valence-electron chi connectivity index (χ2n) is 8.44. The molecule has 0 unspecified atom stereocenters. The zero-order valence-corrected chi connectivity index (χ0v) is 17.1. The Balaban J connectivity index is 1.60. The van der Waals surface area contributed by atoms with Gasteiger partial charge in [-0.2, -0.15) is 0 Å². The molecule has 158 valence electrons. The van der Waals surface area contributed by atoms with E-state index in [0.29, 0.717) is 12.3 Å². The van der Waals surface area contributed by atoms with Gasteiger partial charge in [-0.1, -0.05) is 64.4 Å². The topological polar surface area (TPSA) is 0 Å². The van der Waals surface area contributed by atoms with E-state index in [9.17, 15) is 17.6 Å². The van der Waals surface area contributed by atoms with Crippen LogP contribution in [0.1, 0.15) is 70.3 Å². The molecule has 0 aliphatic heterocycles. The molecular weight excluding hydrogens is 376 g/mol. The molecule has 0 saturated heterocycles. The summed E-state index contributed by atoms with van der Waals surface area (Å²) in [6.07, 6.45) is 10.9. The van der Waals surface area contributed by atoms with Gasteiger partial charge in [-0.3, -0.25) is 0 Å². The quantitative estimate of drug-likeness (QED) is 0.306. The van der Waals surface area contributed by atoms with Crippen LogP contribution in [0.3, 0.4) is 0 Å². The SMILES string of the molecule is CCCCCC1CCC(CCc2c(F)cc(-c3c(F)cccc3F)cc2F)CC1. The smallest absolute Gasteiger partial charge is 0.133 e. The maximum absolute atomic E-state index is 14.6. The molecule has 29 heavy (non-hydrogen) atoms. The Kier molecular flexibility index (Phi) is 7.74. The summed E-state index contributed by atoms with van der Waals surface area (Å²) < 4.78 is 57.0. The first-order chi connectivity index (χ1) is 14.0. The zero-order valence-electron chi connectivity index (χ0n) is 17.1. The Morgan fingerprint density at radius 3 is 1.86 bits per heavy atom. The number of hydrogen-bond acceptors (Lipinski definition) is 0. The van der Waals surface area contributed by atoms with Crippen LogP contribution in [0.4, 0.5) is 17.6 Å². The summed E-state index contributed by atoms with van der Waals surface area (Å²) in [4.78, 5) is 0. The summed E-state index contributed by atoms with van der Waals surface area (Å²) >= 11 is 0. The predicted molar refractivity (Wildman–Crippen MR) is 110 cm³/mol. The first-order valence-electron chi connectivity index (χ1n) is 10.9. The zero-order chi connectivity index (χ0) is 20.8. The van der Waals surface area contributed by atoms with E-state index in [1.54, 1.807) is 0 Å². The van der Waals surface area contributed by atoms with Crippen molar-refractivity contribution in [3.63, 3.8) is 0 Å². The van der Waals surface area contributed by atoms with E-state index in [1.807, 2.05) is 0 Å². The maximum atomic E-state index is 14.6. The fourth-order valence-corrected chi connectivity index (χ4v) is 4.60. The molecule has 4 heteroatoms. The van der Waals surface area contributed by atoms with Gasteiger partial charge < -0.3 is 0 Å². The van der Waals surface area contributed by atoms with Gasteiger partial charge in [0.25, 0.3) is 0 Å². The number of unbranched alkanes of at least 4 members (excludes halogenated alkanes) is 2. The van der Waals surface area contributed by atoms with Crippen molar-refractivity contribution >= 4 is 0 Å². The van der Waals surface area contributed by atoms with E-state index in [-0.39, 0.29) is 11.1 Å². The molecule has 2 aromatic carbocycles. The number of benzene rings is 2. The van der Waals surface area contributed by atoms with E-state index in [2.05, 4.69) is 6.92 Å². The average molecular weight is 407 g/mol. The third-order valence-electron chi connectivity index (χ3n) is 6.38. The van der Waals surface area contributed by atoms with Gasteiger partial charge in [0.05, 0.1) is 5.56 Å². The highest BCUT2D eigenvalue weighted by Gasteiger charge is 2.22. The van der Waals surface area contributed by atoms with Crippen LogP contribution in [0.5, 0.6) is 0 Å². The van der Waals surface area contributed by atoms with Crippen LogP contribution < -0.4 is 0 Å². The lowest BCUT2D eigenvalue weighted by atomic mass is 9.77. The highest BCUT2D eigenvalue weighted by Crippen LogP contribution is 2.35. The number of hydrogen-bond donors (Lipinski definition) is 0. The van der Waals surface area contributed by atoms with Crippen molar-refractivity contribution in [2.75, 3.05) is 0 Å². The second kappa shape index (κ2) is 10.3. The lowest BCUT2D eigenvalue weighted by Crippen LogP contribution is -2.15. The average Bonchev–Trinajstić information content (AvgIpc) is 2.68. The predicted octanol–water partition coefficient (Wildman–Crippen LogP) is 8.23. The highest BCUT2D eigenvalue weighted by atomic mass is 19.1. The van der Waals surface area contributed by atoms with Crippen molar-refractivity contribution in [3.05, 3.63) is 59.2 Å². The minimum Gasteiger partial charge on any atom is -0.207 e. The van der Waals surface area contributed by atoms with Crippen LogP contribution in [-0.2, 0) is 6.42 Å². The largest absolute Gasteiger partial charge is 0.207 e. The van der Waals surface area contributed by atoms with Crippen molar-refractivity contribution < 1.29 is 17.6 Å². The van der Waals surface area contributed by atoms with Crippen LogP contribution in [0.15, 0.2) is 30.3 Å². The second-order valence-corrected chi connectivity index (χ2v) is 8.44. The van der Waals surface area contributed by atoms with Crippen LogP contribution in [0.2, 0.25) is 0 Å². The van der Waals surface area contributed by atoms with Crippen molar-refractivity contribution in [2.45, 2.75) is 71.1 Å². The van der Waals surface area contributed by atoms with Gasteiger partial charge in [-0.15, -0.1) is 0 Å². The molecule has 0 heterocycles. The van der Waals surface area contributed by atoms with Crippen molar-refractivity contribution in [3.8, 4) is 11.1 Å². The molecule has 0 radical (unpaired) electrons. The minimum atomic E-state index is -0.827. The van der Waals surface area contributed by atoms with Crippen molar-refractivity contribution in [1.29, 1.82) is 0 Å². The number of halogens is 4. The fraction of sp³-hybridized carbons (Fsp3) is 0.520. The molecule has 0 aromatic heterocycles. The molecule has 0 bridgehead atoms. The van der Waals surface area contributed by atoms with Gasteiger partial charge >= 0.3 is 0 Å². The molecule has 0 N–H and O–H groups in total. The monoisotopic (exact) mass is 406 g/mol. The summed E-state index contributed by atoms with van der Waals surface area (Å²) in [7, 11) is 0. The Morgan fingerprint density at radius 2 is 1.31 bits per heavy atom. The molecule has 0 nitrogen and oxygen atoms in total. The van der Waals surface area contributed by atoms with Gasteiger partial charge in [0.1, 0.15) is 23.3 Å². The summed E-state index contributed by atoms with van der Waals surface area (Å²) in [5, 5.41) is 0. The Bertz CT molecular complexity index is 763. The molecule has 0 spiro atoms. The van der Waals surface area contributed by atoms with Gasteiger partial charge in [-0.05, 0) is 54.5 Å². The first-order valence-corrected chi connectivity index (χ1v) is 10.9. The third kappa shape index (κ3) is 5.61. The molecule has 1 aliphatic rings. The summed E-state index contributed by atoms with van der Waals surface area (Å²) in [6.45, 7) is 2.22. The van der Waals surface area contributed by atoms with Gasteiger partial charge in [0.15, 0.2) is 0 Å². The first kappa shape index (κ1) is 21.9. The normalized spacial score (nSPS) is 19.5. The van der Waals surface area contributed by atoms with Crippen LogP contribution in [0.25, 0.3) is 11.1 Å². The lowest BCUT2D eigenvalue weighted by molar-refractivity contribution is 0.248. The summed E-state index contributed by atoms with van der Waals surface area (Å²) in [6, 6.07) is 5.49. The molecule has 2 aromatic rings. The van der Waals surface area contributed by atoms with E-state index >= 15 is 0 Å². The van der Waals surface area contributed by atoms with Crippen LogP contribution in [0, 0.1) is 35.1 Å². The molecule has 0 amide bonds. The molecular formula is C25H30F4. The van der Waals surface area contributed by atoms with E-state index in [4.69, 9.17) is 0 Å². The van der Waals surface area contributed by atoms with E-state index in [1.165, 1.54) is 44.6 Å². The maximum Gasteiger partial charge on any atom is 0.133 e. The third-order valence-corrected chi connectivity index (χ3v) is 6.38. The Morgan fingerprint density at radius 1 is 0.759 bits per heavy atom. The Hall–Kier alpha value is -1.84. The fourth-order valence-electron chi connectivity index (χ4n) is 4.60. The Labute approximate surface area is 171 Å².